The van der Waals surface area contributed by atoms with Crippen molar-refractivity contribution in [1.29, 1.82) is 0 Å². The van der Waals surface area contributed by atoms with Gasteiger partial charge in [-0.2, -0.15) is 0 Å². The number of hydrogen-bond acceptors (Lipinski definition) is 2. The number of pyridine rings is 1. The van der Waals surface area contributed by atoms with Crippen molar-refractivity contribution in [1.82, 2.24) is 10.3 Å². The number of rotatable bonds is 6. The predicted octanol–water partition coefficient (Wildman–Crippen LogP) is 3.68. The van der Waals surface area contributed by atoms with Crippen molar-refractivity contribution in [3.8, 4) is 0 Å². The molecule has 4 heteroatoms. The first-order valence-corrected chi connectivity index (χ1v) is 6.79. The normalized spacial score (nSPS) is 12.5. The summed E-state index contributed by atoms with van der Waals surface area (Å²) >= 11 is 5.75. The molecule has 0 radical (unpaired) electrons. The highest BCUT2D eigenvalue weighted by Crippen LogP contribution is 2.10. The van der Waals surface area contributed by atoms with Gasteiger partial charge in [-0.1, -0.05) is 38.3 Å². The zero-order valence-corrected chi connectivity index (χ0v) is 12.0. The number of nitrogens with zero attached hydrogens (tertiary/aromatic N) is 1. The summed E-state index contributed by atoms with van der Waals surface area (Å²) < 4.78 is 0. The number of carbonyl (C=O) groups excluding carboxylic acids is 1. The number of aromatic nitrogens is 1. The summed E-state index contributed by atoms with van der Waals surface area (Å²) in [5.74, 6) is 0.628. The maximum absolute atomic E-state index is 11.9. The van der Waals surface area contributed by atoms with Gasteiger partial charge in [0.15, 0.2) is 0 Å². The van der Waals surface area contributed by atoms with Gasteiger partial charge in [-0.3, -0.25) is 4.79 Å². The van der Waals surface area contributed by atoms with Gasteiger partial charge in [0.1, 0.15) is 5.15 Å². The molecule has 1 atom stereocenters. The quantitative estimate of drug-likeness (QED) is 0.800. The highest BCUT2D eigenvalue weighted by atomic mass is 35.5. The Morgan fingerprint density at radius 1 is 1.39 bits per heavy atom. The van der Waals surface area contributed by atoms with Crippen LogP contribution in [0.25, 0.3) is 0 Å². The molecule has 1 heterocycles. The fourth-order valence-electron chi connectivity index (χ4n) is 1.76. The lowest BCUT2D eigenvalue weighted by Crippen LogP contribution is -2.32. The molecular formula is C14H21ClN2O. The van der Waals surface area contributed by atoms with Crippen molar-refractivity contribution >= 4 is 17.5 Å². The topological polar surface area (TPSA) is 42.0 Å². The Morgan fingerprint density at radius 2 is 2.11 bits per heavy atom. The molecule has 0 spiro atoms. The SMILES string of the molecule is CC(C)CCCC(C)NC(=O)c1ccnc(Cl)c1. The minimum atomic E-state index is -0.0867. The lowest BCUT2D eigenvalue weighted by molar-refractivity contribution is 0.0937. The molecule has 1 N–H and O–H groups in total. The van der Waals surface area contributed by atoms with E-state index in [-0.39, 0.29) is 11.9 Å². The van der Waals surface area contributed by atoms with E-state index in [1.54, 1.807) is 18.3 Å². The second kappa shape index (κ2) is 7.37. The molecule has 1 amide bonds. The molecule has 0 saturated carbocycles. The number of halogens is 1. The van der Waals surface area contributed by atoms with E-state index >= 15 is 0 Å². The molecule has 0 saturated heterocycles. The molecule has 1 unspecified atom stereocenters. The van der Waals surface area contributed by atoms with Crippen molar-refractivity contribution < 1.29 is 4.79 Å². The standard InChI is InChI=1S/C14H21ClN2O/c1-10(2)5-4-6-11(3)17-14(18)12-7-8-16-13(15)9-12/h7-11H,4-6H2,1-3H3,(H,17,18). The number of hydrogen-bond donors (Lipinski definition) is 1. The summed E-state index contributed by atoms with van der Waals surface area (Å²) in [7, 11) is 0. The molecule has 3 nitrogen and oxygen atoms in total. The van der Waals surface area contributed by atoms with Crippen LogP contribution in [0.2, 0.25) is 5.15 Å². The highest BCUT2D eigenvalue weighted by molar-refractivity contribution is 6.29. The average Bonchev–Trinajstić information content (AvgIpc) is 2.28. The lowest BCUT2D eigenvalue weighted by Gasteiger charge is -2.14. The van der Waals surface area contributed by atoms with Crippen LogP contribution in [-0.4, -0.2) is 16.9 Å². The molecule has 0 aliphatic carbocycles. The molecule has 0 aromatic carbocycles. The minimum absolute atomic E-state index is 0.0867. The third kappa shape index (κ3) is 5.50. The summed E-state index contributed by atoms with van der Waals surface area (Å²) in [5, 5.41) is 3.31. The van der Waals surface area contributed by atoms with Crippen LogP contribution in [0.4, 0.5) is 0 Å². The van der Waals surface area contributed by atoms with E-state index in [9.17, 15) is 4.79 Å². The largest absolute Gasteiger partial charge is 0.350 e. The van der Waals surface area contributed by atoms with Crippen LogP contribution in [0.15, 0.2) is 18.3 Å². The monoisotopic (exact) mass is 268 g/mol. The van der Waals surface area contributed by atoms with Crippen LogP contribution in [0, 0.1) is 5.92 Å². The zero-order valence-electron chi connectivity index (χ0n) is 11.2. The summed E-state index contributed by atoms with van der Waals surface area (Å²) in [5.41, 5.74) is 0.561. The number of carbonyl (C=O) groups is 1. The number of nitrogens with one attached hydrogen (secondary N) is 1. The van der Waals surface area contributed by atoms with Crippen LogP contribution >= 0.6 is 11.6 Å². The number of amides is 1. The molecule has 0 fully saturated rings. The maximum Gasteiger partial charge on any atom is 0.251 e. The van der Waals surface area contributed by atoms with Gasteiger partial charge in [-0.25, -0.2) is 4.98 Å². The average molecular weight is 269 g/mol. The molecule has 0 aliphatic rings. The maximum atomic E-state index is 11.9. The van der Waals surface area contributed by atoms with Gasteiger partial charge in [-0.05, 0) is 31.4 Å². The fraction of sp³-hybridized carbons (Fsp3) is 0.571. The van der Waals surface area contributed by atoms with Crippen LogP contribution in [-0.2, 0) is 0 Å². The third-order valence-corrected chi connectivity index (χ3v) is 2.99. The Labute approximate surface area is 114 Å². The molecule has 0 aliphatic heterocycles. The molecule has 0 bridgehead atoms. The van der Waals surface area contributed by atoms with E-state index in [4.69, 9.17) is 11.6 Å². The van der Waals surface area contributed by atoms with Gasteiger partial charge in [-0.15, -0.1) is 0 Å². The van der Waals surface area contributed by atoms with Crippen LogP contribution in [0.1, 0.15) is 50.4 Å². The first kappa shape index (κ1) is 15.0. The Hall–Kier alpha value is -1.09. The van der Waals surface area contributed by atoms with E-state index in [1.165, 1.54) is 6.42 Å². The minimum Gasteiger partial charge on any atom is -0.350 e. The Bertz CT molecular complexity index is 393. The smallest absolute Gasteiger partial charge is 0.251 e. The molecule has 100 valence electrons. The van der Waals surface area contributed by atoms with Gasteiger partial charge < -0.3 is 5.32 Å². The third-order valence-electron chi connectivity index (χ3n) is 2.78. The fourth-order valence-corrected chi connectivity index (χ4v) is 1.93. The van der Waals surface area contributed by atoms with Crippen LogP contribution in [0.5, 0.6) is 0 Å². The molecule has 1 rings (SSSR count). The van der Waals surface area contributed by atoms with Gasteiger partial charge in [0.25, 0.3) is 5.91 Å². The summed E-state index contributed by atoms with van der Waals surface area (Å²) in [4.78, 5) is 15.8. The first-order chi connectivity index (χ1) is 8.49. The summed E-state index contributed by atoms with van der Waals surface area (Å²) in [6.07, 6.45) is 4.88. The Balaban J connectivity index is 2.40. The summed E-state index contributed by atoms with van der Waals surface area (Å²) in [6.45, 7) is 6.45. The van der Waals surface area contributed by atoms with E-state index in [2.05, 4.69) is 24.1 Å². The highest BCUT2D eigenvalue weighted by Gasteiger charge is 2.10. The van der Waals surface area contributed by atoms with Crippen molar-refractivity contribution in [3.05, 3.63) is 29.0 Å². The van der Waals surface area contributed by atoms with Crippen molar-refractivity contribution in [2.24, 2.45) is 5.92 Å². The summed E-state index contributed by atoms with van der Waals surface area (Å²) in [6, 6.07) is 3.43. The van der Waals surface area contributed by atoms with E-state index in [0.29, 0.717) is 16.6 Å². The zero-order chi connectivity index (χ0) is 13.5. The van der Waals surface area contributed by atoms with Crippen molar-refractivity contribution in [3.63, 3.8) is 0 Å². The second-order valence-corrected chi connectivity index (χ2v) is 5.45. The molecule has 1 aromatic heterocycles. The van der Waals surface area contributed by atoms with E-state index in [0.717, 1.165) is 12.8 Å². The van der Waals surface area contributed by atoms with Crippen LogP contribution in [0.3, 0.4) is 0 Å². The predicted molar refractivity (Wildman–Crippen MR) is 74.9 cm³/mol. The van der Waals surface area contributed by atoms with Crippen LogP contribution < -0.4 is 5.32 Å². The van der Waals surface area contributed by atoms with Gasteiger partial charge >= 0.3 is 0 Å². The van der Waals surface area contributed by atoms with E-state index in [1.807, 2.05) is 6.92 Å². The second-order valence-electron chi connectivity index (χ2n) is 5.07. The van der Waals surface area contributed by atoms with Gasteiger partial charge in [0, 0.05) is 17.8 Å². The lowest BCUT2D eigenvalue weighted by atomic mass is 10.0. The van der Waals surface area contributed by atoms with Crippen molar-refractivity contribution in [2.45, 2.75) is 46.1 Å². The van der Waals surface area contributed by atoms with Crippen molar-refractivity contribution in [2.75, 3.05) is 0 Å². The molecule has 1 aromatic rings. The van der Waals surface area contributed by atoms with E-state index < -0.39 is 0 Å². The van der Waals surface area contributed by atoms with Gasteiger partial charge in [0.05, 0.1) is 0 Å². The Morgan fingerprint density at radius 3 is 2.72 bits per heavy atom. The molecular weight excluding hydrogens is 248 g/mol. The van der Waals surface area contributed by atoms with Gasteiger partial charge in [0.2, 0.25) is 0 Å². The Kier molecular flexibility index (Phi) is 6.13. The molecule has 18 heavy (non-hydrogen) atoms. The first-order valence-electron chi connectivity index (χ1n) is 6.41.